The van der Waals surface area contributed by atoms with Gasteiger partial charge in [-0.1, -0.05) is 17.7 Å². The second-order valence-electron chi connectivity index (χ2n) is 3.81. The Hall–Kier alpha value is -1.26. The summed E-state index contributed by atoms with van der Waals surface area (Å²) >= 11 is 6.07. The van der Waals surface area contributed by atoms with Gasteiger partial charge in [-0.25, -0.2) is 0 Å². The lowest BCUT2D eigenvalue weighted by Crippen LogP contribution is -2.32. The lowest BCUT2D eigenvalue weighted by atomic mass is 10.2. The average molecular weight is 257 g/mol. The van der Waals surface area contributed by atoms with Crippen LogP contribution in [0, 0.1) is 0 Å². The molecule has 0 aliphatic rings. The van der Waals surface area contributed by atoms with Gasteiger partial charge in [0.2, 0.25) is 5.91 Å². The number of rotatable bonds is 5. The molecule has 0 spiro atoms. The second-order valence-corrected chi connectivity index (χ2v) is 4.22. The molecule has 1 aromatic carbocycles. The molecule has 0 saturated heterocycles. The van der Waals surface area contributed by atoms with Crippen molar-refractivity contribution in [2.75, 3.05) is 27.7 Å². The molecule has 0 saturated carbocycles. The van der Waals surface area contributed by atoms with Crippen molar-refractivity contribution in [1.29, 1.82) is 0 Å². The van der Waals surface area contributed by atoms with Crippen LogP contribution in [0.2, 0.25) is 5.02 Å². The van der Waals surface area contributed by atoms with Gasteiger partial charge in [-0.2, -0.15) is 0 Å². The van der Waals surface area contributed by atoms with Gasteiger partial charge in [-0.05, 0) is 12.1 Å². The summed E-state index contributed by atoms with van der Waals surface area (Å²) in [7, 11) is 5.04. The molecule has 1 rings (SSSR count). The number of carbonyl (C=O) groups excluding carboxylic acids is 1. The van der Waals surface area contributed by atoms with Crippen LogP contribution in [0.4, 0.5) is 0 Å². The van der Waals surface area contributed by atoms with E-state index >= 15 is 0 Å². The van der Waals surface area contributed by atoms with Crippen LogP contribution >= 0.6 is 11.6 Å². The number of likely N-dealkylation sites (N-methyl/N-ethyl adjacent to an activating group) is 1. The Labute approximate surface area is 107 Å². The zero-order valence-corrected chi connectivity index (χ0v) is 11.0. The van der Waals surface area contributed by atoms with Gasteiger partial charge in [0.15, 0.2) is 0 Å². The first-order chi connectivity index (χ1) is 8.06. The van der Waals surface area contributed by atoms with E-state index in [9.17, 15) is 4.79 Å². The van der Waals surface area contributed by atoms with Gasteiger partial charge < -0.3 is 15.0 Å². The number of methoxy groups -OCH3 is 1. The van der Waals surface area contributed by atoms with Crippen molar-refractivity contribution in [3.8, 4) is 5.75 Å². The first-order valence-corrected chi connectivity index (χ1v) is 5.66. The topological polar surface area (TPSA) is 41.6 Å². The van der Waals surface area contributed by atoms with Crippen LogP contribution < -0.4 is 10.1 Å². The molecule has 0 radical (unpaired) electrons. The minimum Gasteiger partial charge on any atom is -0.496 e. The Bertz CT molecular complexity index is 394. The first-order valence-electron chi connectivity index (χ1n) is 5.28. The van der Waals surface area contributed by atoms with Crippen molar-refractivity contribution in [2.24, 2.45) is 0 Å². The predicted octanol–water partition coefficient (Wildman–Crippen LogP) is 1.53. The zero-order chi connectivity index (χ0) is 12.8. The van der Waals surface area contributed by atoms with Gasteiger partial charge in [-0.3, -0.25) is 4.79 Å². The smallest absolute Gasteiger partial charge is 0.236 e. The number of nitrogens with zero attached hydrogens (tertiary/aromatic N) is 1. The SMILES string of the molecule is COc1cccc(Cl)c1CNCC(=O)N(C)C. The quantitative estimate of drug-likeness (QED) is 0.869. The second kappa shape index (κ2) is 6.47. The van der Waals surface area contributed by atoms with Crippen molar-refractivity contribution in [1.82, 2.24) is 10.2 Å². The van der Waals surface area contributed by atoms with Crippen LogP contribution in [0.5, 0.6) is 5.75 Å². The highest BCUT2D eigenvalue weighted by Gasteiger charge is 2.08. The van der Waals surface area contributed by atoms with Crippen molar-refractivity contribution in [3.63, 3.8) is 0 Å². The Morgan fingerprint density at radius 3 is 2.76 bits per heavy atom. The van der Waals surface area contributed by atoms with Crippen LogP contribution in [0.1, 0.15) is 5.56 Å². The molecule has 0 unspecified atom stereocenters. The third-order valence-electron chi connectivity index (χ3n) is 2.37. The van der Waals surface area contributed by atoms with Crippen LogP contribution in [0.15, 0.2) is 18.2 Å². The van der Waals surface area contributed by atoms with Gasteiger partial charge in [0.1, 0.15) is 5.75 Å². The fraction of sp³-hybridized carbons (Fsp3) is 0.417. The number of hydrogen-bond donors (Lipinski definition) is 1. The van der Waals surface area contributed by atoms with Gasteiger partial charge in [0.05, 0.1) is 13.7 Å². The molecule has 0 atom stereocenters. The Balaban J connectivity index is 2.60. The summed E-state index contributed by atoms with van der Waals surface area (Å²) in [5, 5.41) is 3.68. The van der Waals surface area contributed by atoms with Crippen molar-refractivity contribution < 1.29 is 9.53 Å². The molecule has 17 heavy (non-hydrogen) atoms. The number of halogens is 1. The maximum absolute atomic E-state index is 11.4. The molecular formula is C12H17ClN2O2. The molecule has 0 aromatic heterocycles. The summed E-state index contributed by atoms with van der Waals surface area (Å²) < 4.78 is 5.21. The van der Waals surface area contributed by atoms with E-state index in [0.717, 1.165) is 11.3 Å². The van der Waals surface area contributed by atoms with E-state index in [2.05, 4.69) is 5.32 Å². The standard InChI is InChI=1S/C12H17ClN2O2/c1-15(2)12(16)8-14-7-9-10(13)5-4-6-11(9)17-3/h4-6,14H,7-8H2,1-3H3. The normalized spacial score (nSPS) is 10.1. The number of amides is 1. The maximum Gasteiger partial charge on any atom is 0.236 e. The number of hydrogen-bond acceptors (Lipinski definition) is 3. The third-order valence-corrected chi connectivity index (χ3v) is 2.73. The highest BCUT2D eigenvalue weighted by Crippen LogP contribution is 2.25. The fourth-order valence-electron chi connectivity index (χ4n) is 1.35. The van der Waals surface area contributed by atoms with Gasteiger partial charge in [-0.15, -0.1) is 0 Å². The maximum atomic E-state index is 11.4. The van der Waals surface area contributed by atoms with Crippen molar-refractivity contribution in [2.45, 2.75) is 6.54 Å². The first kappa shape index (κ1) is 13.8. The molecule has 1 N–H and O–H groups in total. The van der Waals surface area contributed by atoms with E-state index in [-0.39, 0.29) is 12.5 Å². The minimum absolute atomic E-state index is 0.0241. The fourth-order valence-corrected chi connectivity index (χ4v) is 1.59. The molecule has 94 valence electrons. The van der Waals surface area contributed by atoms with E-state index in [0.29, 0.717) is 11.6 Å². The Morgan fingerprint density at radius 2 is 2.18 bits per heavy atom. The van der Waals surface area contributed by atoms with Crippen LogP contribution in [-0.2, 0) is 11.3 Å². The summed E-state index contributed by atoms with van der Waals surface area (Å²) in [6.45, 7) is 0.782. The predicted molar refractivity (Wildman–Crippen MR) is 68.4 cm³/mol. The third kappa shape index (κ3) is 3.91. The lowest BCUT2D eigenvalue weighted by molar-refractivity contribution is -0.127. The Morgan fingerprint density at radius 1 is 1.47 bits per heavy atom. The molecule has 5 heteroatoms. The molecule has 0 heterocycles. The van der Waals surface area contributed by atoms with Gasteiger partial charge in [0, 0.05) is 31.2 Å². The molecular weight excluding hydrogens is 240 g/mol. The van der Waals surface area contributed by atoms with E-state index in [1.165, 1.54) is 4.90 Å². The van der Waals surface area contributed by atoms with E-state index in [1.807, 2.05) is 12.1 Å². The lowest BCUT2D eigenvalue weighted by Gasteiger charge is -2.13. The minimum atomic E-state index is 0.0241. The van der Waals surface area contributed by atoms with Crippen LogP contribution in [0.3, 0.4) is 0 Å². The summed E-state index contributed by atoms with van der Waals surface area (Å²) in [5.74, 6) is 0.748. The van der Waals surface area contributed by atoms with Crippen molar-refractivity contribution >= 4 is 17.5 Å². The molecule has 0 bridgehead atoms. The number of ether oxygens (including phenoxy) is 1. The Kier molecular flexibility index (Phi) is 5.25. The van der Waals surface area contributed by atoms with Gasteiger partial charge in [0.25, 0.3) is 0 Å². The van der Waals surface area contributed by atoms with E-state index < -0.39 is 0 Å². The highest BCUT2D eigenvalue weighted by atomic mass is 35.5. The van der Waals surface area contributed by atoms with Gasteiger partial charge >= 0.3 is 0 Å². The zero-order valence-electron chi connectivity index (χ0n) is 10.3. The summed E-state index contributed by atoms with van der Waals surface area (Å²) in [6.07, 6.45) is 0. The van der Waals surface area contributed by atoms with Crippen LogP contribution in [-0.4, -0.2) is 38.6 Å². The summed E-state index contributed by atoms with van der Waals surface area (Å²) in [5.41, 5.74) is 0.864. The summed E-state index contributed by atoms with van der Waals surface area (Å²) in [6, 6.07) is 5.47. The monoisotopic (exact) mass is 256 g/mol. The number of nitrogens with one attached hydrogen (secondary N) is 1. The molecule has 0 fully saturated rings. The molecule has 4 nitrogen and oxygen atoms in total. The molecule has 0 aliphatic carbocycles. The molecule has 0 aliphatic heterocycles. The average Bonchev–Trinajstić information content (AvgIpc) is 2.30. The number of carbonyl (C=O) groups is 1. The largest absolute Gasteiger partial charge is 0.496 e. The summed E-state index contributed by atoms with van der Waals surface area (Å²) in [4.78, 5) is 12.9. The number of benzene rings is 1. The van der Waals surface area contributed by atoms with Crippen molar-refractivity contribution in [3.05, 3.63) is 28.8 Å². The van der Waals surface area contributed by atoms with Crippen LogP contribution in [0.25, 0.3) is 0 Å². The van der Waals surface area contributed by atoms with E-state index in [1.54, 1.807) is 27.3 Å². The molecule has 1 amide bonds. The highest BCUT2D eigenvalue weighted by molar-refractivity contribution is 6.31. The van der Waals surface area contributed by atoms with E-state index in [4.69, 9.17) is 16.3 Å². The molecule has 1 aromatic rings.